The lowest BCUT2D eigenvalue weighted by Gasteiger charge is -2.33. The van der Waals surface area contributed by atoms with E-state index in [1.165, 1.54) is 123 Å². The van der Waals surface area contributed by atoms with Gasteiger partial charge in [0, 0.05) is 5.41 Å². The molecular weight excluding hydrogens is 516 g/mol. The van der Waals surface area contributed by atoms with Crippen molar-refractivity contribution < 1.29 is 0 Å². The monoisotopic (exact) mass is 570 g/mol. The average molecular weight is 571 g/mol. The van der Waals surface area contributed by atoms with Gasteiger partial charge in [-0.25, -0.2) is 0 Å². The van der Waals surface area contributed by atoms with Crippen LogP contribution in [0.25, 0.3) is 11.1 Å². The molecule has 0 aliphatic heterocycles. The van der Waals surface area contributed by atoms with Crippen LogP contribution in [0.2, 0.25) is 0 Å². The van der Waals surface area contributed by atoms with Gasteiger partial charge in [0.2, 0.25) is 0 Å². The van der Waals surface area contributed by atoms with Gasteiger partial charge < -0.3 is 0 Å². The minimum atomic E-state index is 0.125. The first-order chi connectivity index (χ1) is 21.2. The first-order valence-corrected chi connectivity index (χ1v) is 17.6. The number of unbranched alkanes of at least 4 members (excludes halogenated alkanes) is 10. The Labute approximate surface area is 263 Å². The van der Waals surface area contributed by atoms with Gasteiger partial charge in [-0.15, -0.1) is 0 Å². The lowest BCUT2D eigenvalue weighted by Crippen LogP contribution is -2.26. The predicted octanol–water partition coefficient (Wildman–Crippen LogP) is 12.6. The number of hydrogen-bond donors (Lipinski definition) is 0. The molecule has 0 fully saturated rings. The molecule has 0 radical (unpaired) electrons. The molecule has 0 bridgehead atoms. The van der Waals surface area contributed by atoms with Gasteiger partial charge in [0.1, 0.15) is 0 Å². The van der Waals surface area contributed by atoms with E-state index in [1.54, 1.807) is 11.1 Å². The summed E-state index contributed by atoms with van der Waals surface area (Å²) in [6.07, 6.45) is 20.8. The van der Waals surface area contributed by atoms with Crippen LogP contribution in [-0.2, 0) is 18.3 Å². The molecule has 0 amide bonds. The molecule has 0 spiro atoms. The highest BCUT2D eigenvalue weighted by Gasteiger charge is 2.42. The van der Waals surface area contributed by atoms with Crippen molar-refractivity contribution in [1.82, 2.24) is 0 Å². The number of benzene rings is 4. The molecule has 4 aromatic carbocycles. The van der Waals surface area contributed by atoms with Gasteiger partial charge in [-0.3, -0.25) is 0 Å². The summed E-state index contributed by atoms with van der Waals surface area (Å²) in [5, 5.41) is 0. The van der Waals surface area contributed by atoms with Crippen LogP contribution in [-0.4, -0.2) is 0 Å². The van der Waals surface area contributed by atoms with Crippen LogP contribution >= 0.6 is 0 Å². The maximum Gasteiger partial charge on any atom is 0.0215 e. The summed E-state index contributed by atoms with van der Waals surface area (Å²) in [6.45, 7) is 4.64. The van der Waals surface area contributed by atoms with Gasteiger partial charge >= 0.3 is 0 Å². The molecule has 0 N–H and O–H groups in total. The summed E-state index contributed by atoms with van der Waals surface area (Å²) in [6, 6.07) is 37.0. The molecule has 0 heteroatoms. The second-order valence-corrected chi connectivity index (χ2v) is 13.2. The van der Waals surface area contributed by atoms with Crippen molar-refractivity contribution >= 4 is 0 Å². The van der Waals surface area contributed by atoms with Crippen LogP contribution in [0.3, 0.4) is 0 Å². The zero-order chi connectivity index (χ0) is 29.7. The Morgan fingerprint density at radius 1 is 0.395 bits per heavy atom. The van der Waals surface area contributed by atoms with Crippen LogP contribution in [0, 0.1) is 0 Å². The Morgan fingerprint density at radius 3 is 1.21 bits per heavy atom. The molecule has 0 heterocycles. The summed E-state index contributed by atoms with van der Waals surface area (Å²) in [4.78, 5) is 0. The Bertz CT molecular complexity index is 1270. The maximum atomic E-state index is 2.62. The van der Waals surface area contributed by atoms with E-state index in [1.807, 2.05) is 0 Å². The molecular formula is C43H54. The highest BCUT2D eigenvalue weighted by atomic mass is 14.4. The van der Waals surface area contributed by atoms with Gasteiger partial charge in [-0.1, -0.05) is 188 Å². The van der Waals surface area contributed by atoms with E-state index in [9.17, 15) is 0 Å². The molecule has 0 aromatic heterocycles. The standard InChI is InChI=1S/C43H54/c1-3-5-7-9-11-19-29-43(30-20-12-10-8-6-4-2)41-33-37(31-35-21-15-13-16-22-35)25-27-39(41)40-28-26-38(34-42(40)43)32-36-23-17-14-18-24-36/h13-18,21-28,33-34H,3-12,19-20,29-32H2,1-2H3. The normalized spacial score (nSPS) is 13.2. The highest BCUT2D eigenvalue weighted by Crippen LogP contribution is 2.55. The maximum absolute atomic E-state index is 2.62. The molecule has 4 aromatic rings. The van der Waals surface area contributed by atoms with E-state index in [0.29, 0.717) is 0 Å². The first-order valence-electron chi connectivity index (χ1n) is 17.6. The van der Waals surface area contributed by atoms with Crippen molar-refractivity contribution in [2.45, 2.75) is 122 Å². The zero-order valence-corrected chi connectivity index (χ0v) is 27.1. The van der Waals surface area contributed by atoms with E-state index in [2.05, 4.69) is 111 Å². The Balaban J connectivity index is 1.50. The van der Waals surface area contributed by atoms with E-state index >= 15 is 0 Å². The van der Waals surface area contributed by atoms with Gasteiger partial charge in [0.15, 0.2) is 0 Å². The summed E-state index contributed by atoms with van der Waals surface area (Å²) in [5.74, 6) is 0. The summed E-state index contributed by atoms with van der Waals surface area (Å²) in [7, 11) is 0. The minimum absolute atomic E-state index is 0.125. The second-order valence-electron chi connectivity index (χ2n) is 13.2. The fourth-order valence-corrected chi connectivity index (χ4v) is 7.55. The fourth-order valence-electron chi connectivity index (χ4n) is 7.55. The quantitative estimate of drug-likeness (QED) is 0.104. The predicted molar refractivity (Wildman–Crippen MR) is 187 cm³/mol. The minimum Gasteiger partial charge on any atom is -0.0654 e. The van der Waals surface area contributed by atoms with E-state index in [0.717, 1.165) is 12.8 Å². The molecule has 5 rings (SSSR count). The zero-order valence-electron chi connectivity index (χ0n) is 27.1. The molecule has 43 heavy (non-hydrogen) atoms. The molecule has 0 nitrogen and oxygen atoms in total. The van der Waals surface area contributed by atoms with Crippen LogP contribution in [0.4, 0.5) is 0 Å². The SMILES string of the molecule is CCCCCCCCC1(CCCCCCCC)c2cc(Cc3ccccc3)ccc2-c2ccc(Cc3ccccc3)cc21. The van der Waals surface area contributed by atoms with Gasteiger partial charge in [0.25, 0.3) is 0 Å². The third-order valence-electron chi connectivity index (χ3n) is 9.91. The second kappa shape index (κ2) is 16.1. The largest absolute Gasteiger partial charge is 0.0654 e. The number of rotatable bonds is 18. The smallest absolute Gasteiger partial charge is 0.0215 e. The lowest BCUT2D eigenvalue weighted by molar-refractivity contribution is 0.397. The van der Waals surface area contributed by atoms with Crippen molar-refractivity contribution in [2.75, 3.05) is 0 Å². The molecule has 1 aliphatic carbocycles. The van der Waals surface area contributed by atoms with Crippen LogP contribution in [0.15, 0.2) is 97.1 Å². The molecule has 226 valence electrons. The van der Waals surface area contributed by atoms with Crippen LogP contribution < -0.4 is 0 Å². The molecule has 0 atom stereocenters. The lowest BCUT2D eigenvalue weighted by atomic mass is 9.70. The molecule has 0 saturated heterocycles. The number of fused-ring (bicyclic) bond motifs is 3. The summed E-state index contributed by atoms with van der Waals surface area (Å²) in [5.41, 5.74) is 12.1. The van der Waals surface area contributed by atoms with Crippen molar-refractivity contribution in [2.24, 2.45) is 0 Å². The third-order valence-corrected chi connectivity index (χ3v) is 9.91. The van der Waals surface area contributed by atoms with Crippen LogP contribution in [0.5, 0.6) is 0 Å². The van der Waals surface area contributed by atoms with Crippen molar-refractivity contribution in [1.29, 1.82) is 0 Å². The fraction of sp³-hybridized carbons (Fsp3) is 0.442. The molecule has 1 aliphatic rings. The summed E-state index contributed by atoms with van der Waals surface area (Å²) < 4.78 is 0. The van der Waals surface area contributed by atoms with E-state index < -0.39 is 0 Å². The van der Waals surface area contributed by atoms with Gasteiger partial charge in [-0.2, -0.15) is 0 Å². The van der Waals surface area contributed by atoms with E-state index in [4.69, 9.17) is 0 Å². The average Bonchev–Trinajstić information content (AvgIpc) is 3.30. The van der Waals surface area contributed by atoms with E-state index in [-0.39, 0.29) is 5.41 Å². The Kier molecular flexibility index (Phi) is 11.7. The third kappa shape index (κ3) is 8.08. The topological polar surface area (TPSA) is 0 Å². The van der Waals surface area contributed by atoms with Crippen LogP contribution in [0.1, 0.15) is 137 Å². The van der Waals surface area contributed by atoms with Gasteiger partial charge in [-0.05, 0) is 70.2 Å². The Morgan fingerprint density at radius 2 is 0.791 bits per heavy atom. The number of hydrogen-bond acceptors (Lipinski definition) is 0. The van der Waals surface area contributed by atoms with Crippen molar-refractivity contribution in [3.8, 4) is 11.1 Å². The van der Waals surface area contributed by atoms with Crippen molar-refractivity contribution in [3.63, 3.8) is 0 Å². The van der Waals surface area contributed by atoms with Crippen molar-refractivity contribution in [3.05, 3.63) is 130 Å². The molecule has 0 saturated carbocycles. The first kappa shape index (κ1) is 31.3. The Hall–Kier alpha value is -3.12. The summed E-state index contributed by atoms with van der Waals surface area (Å²) >= 11 is 0. The molecule has 0 unspecified atom stereocenters. The highest BCUT2D eigenvalue weighted by molar-refractivity contribution is 5.82. The van der Waals surface area contributed by atoms with Gasteiger partial charge in [0.05, 0.1) is 0 Å².